The number of benzene rings is 1. The fourth-order valence-electron chi connectivity index (χ4n) is 3.24. The van der Waals surface area contributed by atoms with Crippen molar-refractivity contribution in [2.45, 2.75) is 25.7 Å². The molecular formula is C17H16N4O2. The summed E-state index contributed by atoms with van der Waals surface area (Å²) in [5.74, 6) is 0.368. The van der Waals surface area contributed by atoms with Crippen LogP contribution < -0.4 is 11.2 Å². The molecule has 4 rings (SSSR count). The second-order valence-electron chi connectivity index (χ2n) is 5.81. The fraction of sp³-hybridized carbons (Fsp3) is 0.294. The second kappa shape index (κ2) is 5.15. The minimum Gasteiger partial charge on any atom is -0.329 e. The quantitative estimate of drug-likeness (QED) is 0.679. The van der Waals surface area contributed by atoms with Crippen molar-refractivity contribution in [1.82, 2.24) is 19.1 Å². The average Bonchev–Trinajstić information content (AvgIpc) is 2.57. The maximum atomic E-state index is 12.8. The second-order valence-corrected chi connectivity index (χ2v) is 5.81. The lowest BCUT2D eigenvalue weighted by atomic mass is 9.99. The molecule has 0 bridgehead atoms. The minimum absolute atomic E-state index is 0.261. The highest BCUT2D eigenvalue weighted by Gasteiger charge is 2.24. The highest BCUT2D eigenvalue weighted by Crippen LogP contribution is 2.23. The first-order valence-electron chi connectivity index (χ1n) is 7.74. The highest BCUT2D eigenvalue weighted by molar-refractivity contribution is 5.52. The van der Waals surface area contributed by atoms with Crippen LogP contribution in [0.15, 0.2) is 39.9 Å². The number of nitrogens with zero attached hydrogens (tertiary/aromatic N) is 4. The number of hydrogen-bond donors (Lipinski definition) is 0. The number of aromatic nitrogens is 4. The number of hydrogen-bond acceptors (Lipinski definition) is 4. The first-order valence-corrected chi connectivity index (χ1v) is 7.74. The smallest absolute Gasteiger partial charge is 0.329 e. The van der Waals surface area contributed by atoms with Crippen molar-refractivity contribution < 1.29 is 0 Å². The number of aryl methyl sites for hydroxylation is 1. The van der Waals surface area contributed by atoms with Crippen LogP contribution in [0, 0.1) is 0 Å². The lowest BCUT2D eigenvalue weighted by molar-refractivity contribution is 0.606. The van der Waals surface area contributed by atoms with Gasteiger partial charge in [0.25, 0.3) is 5.56 Å². The molecule has 0 saturated heterocycles. The third-order valence-corrected chi connectivity index (χ3v) is 4.40. The average molecular weight is 308 g/mol. The molecule has 6 heteroatoms. The lowest BCUT2D eigenvalue weighted by Crippen LogP contribution is -2.38. The zero-order chi connectivity index (χ0) is 16.0. The third-order valence-electron chi connectivity index (χ3n) is 4.40. The Morgan fingerprint density at radius 2 is 1.74 bits per heavy atom. The van der Waals surface area contributed by atoms with Gasteiger partial charge in [0.15, 0.2) is 11.5 Å². The van der Waals surface area contributed by atoms with Crippen molar-refractivity contribution >= 4 is 0 Å². The van der Waals surface area contributed by atoms with E-state index < -0.39 is 11.2 Å². The van der Waals surface area contributed by atoms with E-state index in [2.05, 4.69) is 9.97 Å². The van der Waals surface area contributed by atoms with Gasteiger partial charge in [-0.15, -0.1) is 0 Å². The Kier molecular flexibility index (Phi) is 3.11. The zero-order valence-electron chi connectivity index (χ0n) is 12.8. The molecule has 2 heterocycles. The predicted octanol–water partition coefficient (Wildman–Crippen LogP) is 1.31. The summed E-state index contributed by atoms with van der Waals surface area (Å²) in [6.07, 6.45) is 3.94. The van der Waals surface area contributed by atoms with Crippen LogP contribution in [-0.2, 0) is 19.9 Å². The normalized spacial score (nSPS) is 14.0. The van der Waals surface area contributed by atoms with E-state index in [1.165, 1.54) is 0 Å². The van der Waals surface area contributed by atoms with Crippen LogP contribution in [0.5, 0.6) is 0 Å². The molecule has 1 aromatic rings. The van der Waals surface area contributed by atoms with Gasteiger partial charge in [0.05, 0.1) is 11.4 Å². The monoisotopic (exact) mass is 308 g/mol. The summed E-state index contributed by atoms with van der Waals surface area (Å²) in [5.41, 5.74) is 1.82. The summed E-state index contributed by atoms with van der Waals surface area (Å²) >= 11 is 0. The summed E-state index contributed by atoms with van der Waals surface area (Å²) in [5, 5.41) is 0. The van der Waals surface area contributed by atoms with Crippen molar-refractivity contribution in [1.29, 1.82) is 0 Å². The maximum absolute atomic E-state index is 12.8. The Morgan fingerprint density at radius 1 is 1.00 bits per heavy atom. The molecule has 2 aliphatic heterocycles. The van der Waals surface area contributed by atoms with E-state index in [0.717, 1.165) is 41.6 Å². The maximum Gasteiger partial charge on any atom is 0.357 e. The predicted molar refractivity (Wildman–Crippen MR) is 86.1 cm³/mol. The molecule has 0 spiro atoms. The topological polar surface area (TPSA) is 69.8 Å². The van der Waals surface area contributed by atoms with Crippen LogP contribution in [0.1, 0.15) is 24.2 Å². The van der Waals surface area contributed by atoms with Crippen molar-refractivity contribution in [2.75, 3.05) is 0 Å². The zero-order valence-corrected chi connectivity index (χ0v) is 12.8. The van der Waals surface area contributed by atoms with Gasteiger partial charge < -0.3 is 4.57 Å². The number of para-hydroxylation sites is 1. The summed E-state index contributed by atoms with van der Waals surface area (Å²) in [7, 11) is 1.85. The third kappa shape index (κ3) is 2.10. The summed E-state index contributed by atoms with van der Waals surface area (Å²) < 4.78 is 2.94. The molecule has 0 aromatic heterocycles. The molecule has 0 amide bonds. The SMILES string of the molecule is Cn1c2nc(=O)n(-c3ccccc3)c(=O)c-2nc2c1CCCC2. The molecule has 0 N–H and O–H groups in total. The molecule has 116 valence electrons. The van der Waals surface area contributed by atoms with Gasteiger partial charge in [-0.05, 0) is 37.8 Å². The molecule has 0 saturated carbocycles. The van der Waals surface area contributed by atoms with Crippen molar-refractivity contribution in [3.05, 3.63) is 62.6 Å². The van der Waals surface area contributed by atoms with Gasteiger partial charge in [0.1, 0.15) is 0 Å². The van der Waals surface area contributed by atoms with E-state index in [0.29, 0.717) is 11.5 Å². The number of rotatable bonds is 1. The van der Waals surface area contributed by atoms with Crippen LogP contribution in [0.4, 0.5) is 0 Å². The molecule has 0 atom stereocenters. The van der Waals surface area contributed by atoms with Crippen LogP contribution in [-0.4, -0.2) is 19.1 Å². The summed E-state index contributed by atoms with van der Waals surface area (Å²) in [6.45, 7) is 0. The Labute approximate surface area is 132 Å². The van der Waals surface area contributed by atoms with E-state index >= 15 is 0 Å². The fourth-order valence-corrected chi connectivity index (χ4v) is 3.24. The Bertz CT molecular complexity index is 972. The molecule has 0 radical (unpaired) electrons. The van der Waals surface area contributed by atoms with Gasteiger partial charge in [0.2, 0.25) is 0 Å². The lowest BCUT2D eigenvalue weighted by Gasteiger charge is -2.22. The van der Waals surface area contributed by atoms with Crippen molar-refractivity contribution in [3.8, 4) is 17.2 Å². The van der Waals surface area contributed by atoms with Crippen LogP contribution >= 0.6 is 0 Å². The van der Waals surface area contributed by atoms with Crippen LogP contribution in [0.2, 0.25) is 0 Å². The van der Waals surface area contributed by atoms with Gasteiger partial charge in [-0.25, -0.2) is 14.3 Å². The Hall–Kier alpha value is -2.76. The van der Waals surface area contributed by atoms with Crippen molar-refractivity contribution in [3.63, 3.8) is 0 Å². The van der Waals surface area contributed by atoms with Crippen LogP contribution in [0.25, 0.3) is 17.2 Å². The van der Waals surface area contributed by atoms with Gasteiger partial charge in [0, 0.05) is 12.7 Å². The summed E-state index contributed by atoms with van der Waals surface area (Å²) in [4.78, 5) is 33.9. The van der Waals surface area contributed by atoms with E-state index in [1.807, 2.05) is 17.7 Å². The Morgan fingerprint density at radius 3 is 2.52 bits per heavy atom. The number of fused-ring (bicyclic) bond motifs is 2. The largest absolute Gasteiger partial charge is 0.357 e. The van der Waals surface area contributed by atoms with Gasteiger partial charge in [-0.3, -0.25) is 4.79 Å². The van der Waals surface area contributed by atoms with Gasteiger partial charge in [-0.1, -0.05) is 18.2 Å². The standard InChI is InChI=1S/C17H16N4O2/c1-20-13-10-6-5-9-12(13)18-14-15(20)19-17(23)21(16(14)22)11-7-3-2-4-8-11/h2-4,7-8H,5-6,9-10H2,1H3. The molecule has 23 heavy (non-hydrogen) atoms. The first-order chi connectivity index (χ1) is 11.2. The van der Waals surface area contributed by atoms with Crippen LogP contribution in [0.3, 0.4) is 0 Å². The molecule has 0 unspecified atom stereocenters. The van der Waals surface area contributed by atoms with Gasteiger partial charge in [-0.2, -0.15) is 4.98 Å². The van der Waals surface area contributed by atoms with E-state index in [1.54, 1.807) is 24.3 Å². The summed E-state index contributed by atoms with van der Waals surface area (Å²) in [6, 6.07) is 8.84. The molecule has 0 fully saturated rings. The minimum atomic E-state index is -0.568. The Balaban J connectivity index is 2.08. The molecule has 1 aliphatic carbocycles. The van der Waals surface area contributed by atoms with Crippen molar-refractivity contribution in [2.24, 2.45) is 7.05 Å². The van der Waals surface area contributed by atoms with E-state index in [4.69, 9.17) is 0 Å². The molecule has 6 nitrogen and oxygen atoms in total. The highest BCUT2D eigenvalue weighted by atomic mass is 16.2. The molecule has 3 aliphatic rings. The van der Waals surface area contributed by atoms with Gasteiger partial charge >= 0.3 is 5.69 Å². The first kappa shape index (κ1) is 13.9. The molecular weight excluding hydrogens is 292 g/mol. The van der Waals surface area contributed by atoms with E-state index in [9.17, 15) is 9.59 Å². The molecule has 1 aromatic carbocycles. The van der Waals surface area contributed by atoms with E-state index in [-0.39, 0.29) is 5.69 Å².